The highest BCUT2D eigenvalue weighted by atomic mass is 32.1. The van der Waals surface area contributed by atoms with E-state index in [0.717, 1.165) is 23.5 Å². The van der Waals surface area contributed by atoms with E-state index in [1.807, 2.05) is 0 Å². The van der Waals surface area contributed by atoms with E-state index >= 15 is 0 Å². The molecule has 0 fully saturated rings. The minimum Gasteiger partial charge on any atom is -0.339 e. The number of anilines is 1. The molecular formula is C17H12F2N6O2S. The highest BCUT2D eigenvalue weighted by Gasteiger charge is 2.20. The van der Waals surface area contributed by atoms with E-state index in [0.29, 0.717) is 28.0 Å². The lowest BCUT2D eigenvalue weighted by molar-refractivity contribution is 0.101. The van der Waals surface area contributed by atoms with Crippen LogP contribution in [0.5, 0.6) is 0 Å². The first kappa shape index (κ1) is 17.9. The molecule has 3 aromatic heterocycles. The van der Waals surface area contributed by atoms with Crippen molar-refractivity contribution in [2.45, 2.75) is 6.92 Å². The fourth-order valence-corrected chi connectivity index (χ4v) is 3.39. The number of thiazole rings is 1. The van der Waals surface area contributed by atoms with Crippen LogP contribution in [0.2, 0.25) is 0 Å². The average molecular weight is 402 g/mol. The SMILES string of the molecule is Cc1nc(-c2cc(-c3cnc(NC(=O)c4c(F)cccc4F)s3)n(C)n2)no1. The topological polar surface area (TPSA) is 98.7 Å². The van der Waals surface area contributed by atoms with Gasteiger partial charge >= 0.3 is 0 Å². The van der Waals surface area contributed by atoms with Gasteiger partial charge in [-0.05, 0) is 18.2 Å². The van der Waals surface area contributed by atoms with Gasteiger partial charge in [0.2, 0.25) is 11.7 Å². The molecule has 0 radical (unpaired) electrons. The summed E-state index contributed by atoms with van der Waals surface area (Å²) in [5.41, 5.74) is 0.559. The van der Waals surface area contributed by atoms with E-state index in [2.05, 4.69) is 25.5 Å². The molecule has 3 heterocycles. The predicted octanol–water partition coefficient (Wildman–Crippen LogP) is 3.43. The number of nitrogens with one attached hydrogen (secondary N) is 1. The Labute approximate surface area is 160 Å². The number of aromatic nitrogens is 5. The normalized spacial score (nSPS) is 11.0. The molecule has 11 heteroatoms. The summed E-state index contributed by atoms with van der Waals surface area (Å²) in [6, 6.07) is 4.97. The van der Waals surface area contributed by atoms with Gasteiger partial charge < -0.3 is 4.52 Å². The fraction of sp³-hybridized carbons (Fsp3) is 0.118. The van der Waals surface area contributed by atoms with Crippen molar-refractivity contribution < 1.29 is 18.1 Å². The molecule has 4 aromatic rings. The van der Waals surface area contributed by atoms with E-state index in [4.69, 9.17) is 4.52 Å². The fourth-order valence-electron chi connectivity index (χ4n) is 2.54. The first-order chi connectivity index (χ1) is 13.4. The smallest absolute Gasteiger partial charge is 0.263 e. The second-order valence-electron chi connectivity index (χ2n) is 5.76. The minimum atomic E-state index is -0.944. The van der Waals surface area contributed by atoms with Gasteiger partial charge in [0.1, 0.15) is 22.9 Å². The molecule has 1 aromatic carbocycles. The van der Waals surface area contributed by atoms with Crippen LogP contribution in [0.25, 0.3) is 22.1 Å². The van der Waals surface area contributed by atoms with Gasteiger partial charge in [-0.3, -0.25) is 14.8 Å². The molecule has 8 nitrogen and oxygen atoms in total. The van der Waals surface area contributed by atoms with Gasteiger partial charge in [0.15, 0.2) is 5.13 Å². The summed E-state index contributed by atoms with van der Waals surface area (Å²) in [5.74, 6) is -2.02. The van der Waals surface area contributed by atoms with Crippen molar-refractivity contribution in [1.82, 2.24) is 24.9 Å². The van der Waals surface area contributed by atoms with Crippen LogP contribution >= 0.6 is 11.3 Å². The van der Waals surface area contributed by atoms with Crippen LogP contribution in [0, 0.1) is 18.6 Å². The van der Waals surface area contributed by atoms with Crippen LogP contribution in [0.1, 0.15) is 16.2 Å². The number of halogens is 2. The first-order valence-corrected chi connectivity index (χ1v) is 8.80. The lowest BCUT2D eigenvalue weighted by atomic mass is 10.2. The van der Waals surface area contributed by atoms with Gasteiger partial charge in [-0.2, -0.15) is 10.1 Å². The van der Waals surface area contributed by atoms with Crippen LogP contribution in [-0.4, -0.2) is 30.8 Å². The number of carbonyl (C=O) groups excluding carboxylic acids is 1. The summed E-state index contributed by atoms with van der Waals surface area (Å²) < 4.78 is 34.0. The summed E-state index contributed by atoms with van der Waals surface area (Å²) >= 11 is 1.14. The van der Waals surface area contributed by atoms with Gasteiger partial charge in [0.05, 0.1) is 10.6 Å². The molecule has 4 rings (SSSR count). The predicted molar refractivity (Wildman–Crippen MR) is 96.7 cm³/mol. The van der Waals surface area contributed by atoms with Crippen LogP contribution in [0.15, 0.2) is 35.0 Å². The number of hydrogen-bond acceptors (Lipinski definition) is 7. The number of rotatable bonds is 4. The quantitative estimate of drug-likeness (QED) is 0.562. The molecule has 28 heavy (non-hydrogen) atoms. The third-order valence-electron chi connectivity index (χ3n) is 3.80. The van der Waals surface area contributed by atoms with Crippen molar-refractivity contribution in [1.29, 1.82) is 0 Å². The Morgan fingerprint density at radius 1 is 1.29 bits per heavy atom. The van der Waals surface area contributed by atoms with Crippen LogP contribution in [0.4, 0.5) is 13.9 Å². The lowest BCUT2D eigenvalue weighted by Gasteiger charge is -2.04. The summed E-state index contributed by atoms with van der Waals surface area (Å²) in [5, 5.41) is 10.8. The zero-order chi connectivity index (χ0) is 19.8. The molecule has 142 valence electrons. The molecule has 0 aliphatic carbocycles. The second-order valence-corrected chi connectivity index (χ2v) is 6.79. The van der Waals surface area contributed by atoms with Crippen LogP contribution in [-0.2, 0) is 7.05 Å². The van der Waals surface area contributed by atoms with E-state index in [9.17, 15) is 13.6 Å². The lowest BCUT2D eigenvalue weighted by Crippen LogP contribution is -2.15. The van der Waals surface area contributed by atoms with E-state index < -0.39 is 23.1 Å². The highest BCUT2D eigenvalue weighted by Crippen LogP contribution is 2.31. The molecule has 0 unspecified atom stereocenters. The highest BCUT2D eigenvalue weighted by molar-refractivity contribution is 7.19. The van der Waals surface area contributed by atoms with Crippen molar-refractivity contribution in [3.05, 3.63) is 53.6 Å². The van der Waals surface area contributed by atoms with Crippen molar-refractivity contribution in [2.24, 2.45) is 7.05 Å². The van der Waals surface area contributed by atoms with Gasteiger partial charge in [-0.15, -0.1) is 0 Å². The van der Waals surface area contributed by atoms with Gasteiger partial charge in [0.25, 0.3) is 5.91 Å². The van der Waals surface area contributed by atoms with E-state index in [-0.39, 0.29) is 5.13 Å². The number of amides is 1. The molecule has 1 amide bonds. The zero-order valence-corrected chi connectivity index (χ0v) is 15.4. The molecule has 0 aliphatic heterocycles. The number of carbonyl (C=O) groups is 1. The molecule has 1 N–H and O–H groups in total. The van der Waals surface area contributed by atoms with Gasteiger partial charge in [-0.1, -0.05) is 22.6 Å². The van der Waals surface area contributed by atoms with Crippen molar-refractivity contribution in [2.75, 3.05) is 5.32 Å². The molecule has 0 bridgehead atoms. The van der Waals surface area contributed by atoms with Crippen molar-refractivity contribution in [3.63, 3.8) is 0 Å². The van der Waals surface area contributed by atoms with E-state index in [1.165, 1.54) is 12.3 Å². The third-order valence-corrected chi connectivity index (χ3v) is 4.74. The maximum absolute atomic E-state index is 13.7. The summed E-state index contributed by atoms with van der Waals surface area (Å²) in [4.78, 5) is 21.1. The Morgan fingerprint density at radius 3 is 2.71 bits per heavy atom. The molecule has 0 aliphatic rings. The summed E-state index contributed by atoms with van der Waals surface area (Å²) in [6.45, 7) is 1.68. The molecule has 0 spiro atoms. The Bertz CT molecular complexity index is 1160. The Kier molecular flexibility index (Phi) is 4.43. The van der Waals surface area contributed by atoms with Crippen LogP contribution in [0.3, 0.4) is 0 Å². The zero-order valence-electron chi connectivity index (χ0n) is 14.6. The van der Waals surface area contributed by atoms with Gasteiger partial charge in [0, 0.05) is 20.2 Å². The standard InChI is InChI=1S/C17H12F2N6O2S/c1-8-21-15(24-27-8)11-6-12(25(2)23-11)13-7-20-17(28-13)22-16(26)14-9(18)4-3-5-10(14)19/h3-7H,1-2H3,(H,20,22,26). The summed E-state index contributed by atoms with van der Waals surface area (Å²) in [7, 11) is 1.73. The maximum atomic E-state index is 13.7. The monoisotopic (exact) mass is 402 g/mol. The van der Waals surface area contributed by atoms with E-state index in [1.54, 1.807) is 24.7 Å². The number of aryl methyl sites for hydroxylation is 2. The summed E-state index contributed by atoms with van der Waals surface area (Å²) in [6.07, 6.45) is 1.53. The number of hydrogen-bond donors (Lipinski definition) is 1. The van der Waals surface area contributed by atoms with Gasteiger partial charge in [-0.25, -0.2) is 13.8 Å². The first-order valence-electron chi connectivity index (χ1n) is 7.98. The Balaban J connectivity index is 1.58. The number of nitrogens with zero attached hydrogens (tertiary/aromatic N) is 5. The average Bonchev–Trinajstić information content (AvgIpc) is 3.35. The minimum absolute atomic E-state index is 0.195. The largest absolute Gasteiger partial charge is 0.339 e. The van der Waals surface area contributed by atoms with Crippen molar-refractivity contribution in [3.8, 4) is 22.1 Å². The third kappa shape index (κ3) is 3.27. The second kappa shape index (κ2) is 6.93. The molecule has 0 atom stereocenters. The molecule has 0 saturated carbocycles. The Morgan fingerprint density at radius 2 is 2.04 bits per heavy atom. The number of benzene rings is 1. The van der Waals surface area contributed by atoms with Crippen LogP contribution < -0.4 is 5.32 Å². The molecular weight excluding hydrogens is 390 g/mol. The van der Waals surface area contributed by atoms with Crippen molar-refractivity contribution >= 4 is 22.4 Å². The Hall–Kier alpha value is -3.47. The maximum Gasteiger partial charge on any atom is 0.263 e. The molecule has 0 saturated heterocycles.